The largest absolute Gasteiger partial charge is 0.496 e. The van der Waals surface area contributed by atoms with E-state index < -0.39 is 0 Å². The van der Waals surface area contributed by atoms with Crippen LogP contribution >= 0.6 is 0 Å². The molecule has 2 heterocycles. The second-order valence-electron chi connectivity index (χ2n) is 9.98. The van der Waals surface area contributed by atoms with E-state index in [4.69, 9.17) is 9.73 Å². The van der Waals surface area contributed by atoms with Crippen molar-refractivity contribution in [2.24, 2.45) is 4.99 Å². The minimum Gasteiger partial charge on any atom is -0.496 e. The van der Waals surface area contributed by atoms with Crippen LogP contribution in [0.25, 0.3) is 16.8 Å². The number of aliphatic imine (C=N–C) groups is 1. The molecule has 2 aromatic carbocycles. The minimum absolute atomic E-state index is 0. The van der Waals surface area contributed by atoms with Gasteiger partial charge in [0.05, 0.1) is 12.8 Å². The van der Waals surface area contributed by atoms with Crippen molar-refractivity contribution < 1.29 is 4.74 Å². The van der Waals surface area contributed by atoms with Crippen LogP contribution in [0.2, 0.25) is 0 Å². The molecule has 0 spiro atoms. The fourth-order valence-corrected chi connectivity index (χ4v) is 5.30. The Morgan fingerprint density at radius 2 is 1.84 bits per heavy atom. The van der Waals surface area contributed by atoms with E-state index in [0.29, 0.717) is 6.04 Å². The molecular formula is C32H46N4O. The Morgan fingerprint density at radius 3 is 2.46 bits per heavy atom. The molecule has 4 rings (SSSR count). The number of unbranched alkanes of at least 4 members (excludes halogenated alkanes) is 1. The SMILES string of the molecule is C.C=C/C(=C\CCC)N1CCN(Cc2cc3cc(N=CC4CCCN4C)c(C=C)cc3cc2OC)CC1. The van der Waals surface area contributed by atoms with Crippen LogP contribution in [0.15, 0.2) is 60.3 Å². The van der Waals surface area contributed by atoms with Gasteiger partial charge in [-0.05, 0) is 74.0 Å². The zero-order valence-electron chi connectivity index (χ0n) is 22.4. The Kier molecular flexibility index (Phi) is 10.5. The Balaban J connectivity index is 0.00000380. The molecule has 0 radical (unpaired) electrons. The lowest BCUT2D eigenvalue weighted by atomic mass is 10.0. The second-order valence-corrected chi connectivity index (χ2v) is 9.98. The van der Waals surface area contributed by atoms with Gasteiger partial charge in [-0.15, -0.1) is 0 Å². The van der Waals surface area contributed by atoms with Crippen molar-refractivity contribution in [3.8, 4) is 5.75 Å². The highest BCUT2D eigenvalue weighted by molar-refractivity contribution is 5.92. The van der Waals surface area contributed by atoms with Gasteiger partial charge >= 0.3 is 0 Å². The normalized spacial score (nSPS) is 19.4. The Morgan fingerprint density at radius 1 is 1.08 bits per heavy atom. The summed E-state index contributed by atoms with van der Waals surface area (Å²) in [5, 5.41) is 2.35. The number of benzene rings is 2. The van der Waals surface area contributed by atoms with Crippen LogP contribution in [-0.4, -0.2) is 73.8 Å². The zero-order chi connectivity index (χ0) is 25.5. The Labute approximate surface area is 224 Å². The van der Waals surface area contributed by atoms with Crippen LogP contribution in [0.5, 0.6) is 5.75 Å². The van der Waals surface area contributed by atoms with Gasteiger partial charge in [-0.1, -0.05) is 46.1 Å². The van der Waals surface area contributed by atoms with Crippen molar-refractivity contribution in [2.45, 2.75) is 52.6 Å². The summed E-state index contributed by atoms with van der Waals surface area (Å²) in [6.07, 6.45) is 13.0. The summed E-state index contributed by atoms with van der Waals surface area (Å²) in [5.41, 5.74) is 4.54. The highest BCUT2D eigenvalue weighted by atomic mass is 16.5. The maximum atomic E-state index is 5.83. The Hall–Kier alpha value is -2.89. The summed E-state index contributed by atoms with van der Waals surface area (Å²) in [6, 6.07) is 9.24. The van der Waals surface area contributed by atoms with Crippen molar-refractivity contribution in [2.75, 3.05) is 46.9 Å². The van der Waals surface area contributed by atoms with Crippen molar-refractivity contribution in [3.05, 3.63) is 66.4 Å². The van der Waals surface area contributed by atoms with Crippen molar-refractivity contribution in [3.63, 3.8) is 0 Å². The zero-order valence-corrected chi connectivity index (χ0v) is 22.4. The molecule has 1 unspecified atom stereocenters. The third kappa shape index (κ3) is 6.91. The van der Waals surface area contributed by atoms with E-state index >= 15 is 0 Å². The molecule has 37 heavy (non-hydrogen) atoms. The molecule has 0 saturated carbocycles. The molecule has 2 aliphatic heterocycles. The van der Waals surface area contributed by atoms with Crippen LogP contribution < -0.4 is 4.74 Å². The molecule has 2 saturated heterocycles. The Bertz CT molecular complexity index is 1130. The second kappa shape index (κ2) is 13.6. The number of hydrogen-bond acceptors (Lipinski definition) is 5. The smallest absolute Gasteiger partial charge is 0.123 e. The summed E-state index contributed by atoms with van der Waals surface area (Å²) in [5.74, 6) is 0.943. The molecule has 2 aliphatic rings. The first-order valence-electron chi connectivity index (χ1n) is 13.4. The average molecular weight is 503 g/mol. The lowest BCUT2D eigenvalue weighted by molar-refractivity contribution is 0.154. The molecule has 0 N–H and O–H groups in total. The quantitative estimate of drug-likeness (QED) is 0.261. The maximum absolute atomic E-state index is 5.83. The number of ether oxygens (including phenoxy) is 1. The predicted molar refractivity (Wildman–Crippen MR) is 161 cm³/mol. The standard InChI is InChI=1S/C31H42N4O.CH4/c1-6-9-11-28(8-3)35-16-14-34(15-17-35)23-27-19-25-20-30(32-22-29-12-10-13-33(29)4)24(7-2)18-26(25)21-31(27)36-5;/h7-8,11,18-22,29H,2-3,6,9-10,12-17,23H2,1,4-5H3;1H4/b28-11+,32-22?;. The molecule has 1 atom stereocenters. The third-order valence-electron chi connectivity index (χ3n) is 7.55. The number of nitrogens with zero attached hydrogens (tertiary/aromatic N) is 4. The number of likely N-dealkylation sites (tertiary alicyclic amines) is 1. The molecule has 2 aromatic rings. The van der Waals surface area contributed by atoms with Crippen molar-refractivity contribution in [1.29, 1.82) is 0 Å². The topological polar surface area (TPSA) is 31.3 Å². The van der Waals surface area contributed by atoms with Gasteiger partial charge in [-0.3, -0.25) is 14.8 Å². The lowest BCUT2D eigenvalue weighted by Crippen LogP contribution is -2.45. The van der Waals surface area contributed by atoms with Gasteiger partial charge in [-0.25, -0.2) is 0 Å². The monoisotopic (exact) mass is 502 g/mol. The molecule has 5 heteroatoms. The predicted octanol–water partition coefficient (Wildman–Crippen LogP) is 6.91. The van der Waals surface area contributed by atoms with Gasteiger partial charge in [0.25, 0.3) is 0 Å². The molecule has 0 bridgehead atoms. The van der Waals surface area contributed by atoms with E-state index in [2.05, 4.69) is 78.4 Å². The molecular weight excluding hydrogens is 456 g/mol. The van der Waals surface area contributed by atoms with E-state index in [1.165, 1.54) is 29.5 Å². The molecule has 5 nitrogen and oxygen atoms in total. The fraction of sp³-hybridized carbons (Fsp3) is 0.469. The minimum atomic E-state index is 0. The number of allylic oxidation sites excluding steroid dienone is 2. The summed E-state index contributed by atoms with van der Waals surface area (Å²) >= 11 is 0. The van der Waals surface area contributed by atoms with Gasteiger partial charge in [0.1, 0.15) is 5.75 Å². The number of piperazine rings is 1. The number of hydrogen-bond donors (Lipinski definition) is 0. The van der Waals surface area contributed by atoms with E-state index in [-0.39, 0.29) is 7.43 Å². The van der Waals surface area contributed by atoms with Gasteiger partial charge in [0.15, 0.2) is 0 Å². The summed E-state index contributed by atoms with van der Waals surface area (Å²) in [7, 11) is 3.94. The third-order valence-corrected chi connectivity index (χ3v) is 7.55. The average Bonchev–Trinajstić information content (AvgIpc) is 3.32. The van der Waals surface area contributed by atoms with Gasteiger partial charge < -0.3 is 9.64 Å². The first-order valence-corrected chi connectivity index (χ1v) is 13.4. The van der Waals surface area contributed by atoms with Gasteiger partial charge in [-0.2, -0.15) is 0 Å². The summed E-state index contributed by atoms with van der Waals surface area (Å²) < 4.78 is 5.83. The van der Waals surface area contributed by atoms with Gasteiger partial charge in [0.2, 0.25) is 0 Å². The summed E-state index contributed by atoms with van der Waals surface area (Å²) in [6.45, 7) is 16.4. The molecule has 2 fully saturated rings. The highest BCUT2D eigenvalue weighted by Gasteiger charge is 2.20. The molecule has 0 aromatic heterocycles. The summed E-state index contributed by atoms with van der Waals surface area (Å²) in [4.78, 5) is 12.3. The first kappa shape index (κ1) is 28.7. The van der Waals surface area contributed by atoms with Crippen LogP contribution in [0, 0.1) is 0 Å². The molecule has 0 aliphatic carbocycles. The van der Waals surface area contributed by atoms with Gasteiger partial charge in [0, 0.05) is 61.8 Å². The number of rotatable bonds is 10. The molecule has 0 amide bonds. The van der Waals surface area contributed by atoms with Crippen LogP contribution in [0.3, 0.4) is 0 Å². The first-order chi connectivity index (χ1) is 17.6. The van der Waals surface area contributed by atoms with Crippen molar-refractivity contribution >= 4 is 28.8 Å². The van der Waals surface area contributed by atoms with Crippen molar-refractivity contribution in [1.82, 2.24) is 14.7 Å². The maximum Gasteiger partial charge on any atom is 0.123 e. The highest BCUT2D eigenvalue weighted by Crippen LogP contribution is 2.33. The molecule has 200 valence electrons. The lowest BCUT2D eigenvalue weighted by Gasteiger charge is -2.37. The number of methoxy groups -OCH3 is 1. The van der Waals surface area contributed by atoms with Crippen LogP contribution in [0.4, 0.5) is 5.69 Å². The van der Waals surface area contributed by atoms with E-state index in [9.17, 15) is 0 Å². The number of fused-ring (bicyclic) bond motifs is 1. The van der Waals surface area contributed by atoms with Crippen LogP contribution in [0.1, 0.15) is 51.2 Å². The van der Waals surface area contributed by atoms with E-state index in [1.54, 1.807) is 7.11 Å². The fourth-order valence-electron chi connectivity index (χ4n) is 5.30. The van der Waals surface area contributed by atoms with Crippen LogP contribution in [-0.2, 0) is 6.54 Å². The van der Waals surface area contributed by atoms with E-state index in [0.717, 1.165) is 74.5 Å². The van der Waals surface area contributed by atoms with E-state index in [1.807, 2.05) is 12.2 Å².